The summed E-state index contributed by atoms with van der Waals surface area (Å²) in [5.41, 5.74) is 0.898. The summed E-state index contributed by atoms with van der Waals surface area (Å²) in [6.45, 7) is 0. The number of rotatable bonds is 5. The Morgan fingerprint density at radius 2 is 2.14 bits per heavy atom. The topological polar surface area (TPSA) is 80.9 Å². The number of nitrogens with zero attached hydrogens (tertiary/aromatic N) is 4. The Morgan fingerprint density at radius 3 is 2.86 bits per heavy atom. The van der Waals surface area contributed by atoms with Crippen molar-refractivity contribution in [2.45, 2.75) is 10.6 Å². The molecule has 1 N–H and O–H groups in total. The van der Waals surface area contributed by atoms with Gasteiger partial charge >= 0.3 is 5.97 Å². The Balaban J connectivity index is 1.74. The lowest BCUT2D eigenvalue weighted by Crippen LogP contribution is -2.01. The highest BCUT2D eigenvalue weighted by atomic mass is 32.2. The van der Waals surface area contributed by atoms with E-state index < -0.39 is 5.97 Å². The summed E-state index contributed by atoms with van der Waals surface area (Å²) in [4.78, 5) is 12.1. The van der Waals surface area contributed by atoms with Gasteiger partial charge in [0.2, 0.25) is 0 Å². The fourth-order valence-electron chi connectivity index (χ4n) is 1.72. The second kappa shape index (κ2) is 6.06. The first-order valence-electron chi connectivity index (χ1n) is 6.01. The molecule has 0 unspecified atom stereocenters. The van der Waals surface area contributed by atoms with Gasteiger partial charge in [-0.3, -0.25) is 0 Å². The molecule has 3 rings (SSSR count). The molecule has 0 aliphatic carbocycles. The van der Waals surface area contributed by atoms with Crippen LogP contribution in [0, 0.1) is 0 Å². The third-order valence-corrected chi connectivity index (χ3v) is 4.73. The summed E-state index contributed by atoms with van der Waals surface area (Å²) in [6, 6.07) is 11.3. The number of carboxylic acid groups (broad SMARTS) is 1. The van der Waals surface area contributed by atoms with Gasteiger partial charge in [0.05, 0.1) is 11.4 Å². The number of carboxylic acids is 1. The van der Waals surface area contributed by atoms with Crippen LogP contribution in [0.2, 0.25) is 0 Å². The molecule has 0 amide bonds. The van der Waals surface area contributed by atoms with Crippen molar-refractivity contribution < 1.29 is 9.90 Å². The fraction of sp³-hybridized carbons (Fsp3) is 0.0769. The van der Waals surface area contributed by atoms with E-state index in [0.29, 0.717) is 16.5 Å². The number of hydrogen-bond donors (Lipinski definition) is 1. The zero-order chi connectivity index (χ0) is 14.7. The van der Waals surface area contributed by atoms with Crippen LogP contribution < -0.4 is 0 Å². The van der Waals surface area contributed by atoms with Crippen LogP contribution in [-0.4, -0.2) is 31.3 Å². The SMILES string of the molecule is O=C(O)c1cc(SCc2nnnn2-c2ccccc2)cs1. The van der Waals surface area contributed by atoms with Gasteiger partial charge in [-0.1, -0.05) is 18.2 Å². The molecule has 0 saturated heterocycles. The second-order valence-corrected chi connectivity index (χ2v) is 6.04. The van der Waals surface area contributed by atoms with Crippen molar-refractivity contribution in [3.8, 4) is 5.69 Å². The largest absolute Gasteiger partial charge is 0.477 e. The molecule has 2 aromatic heterocycles. The van der Waals surface area contributed by atoms with Gasteiger partial charge in [-0.15, -0.1) is 28.2 Å². The lowest BCUT2D eigenvalue weighted by molar-refractivity contribution is 0.0702. The zero-order valence-corrected chi connectivity index (χ0v) is 12.3. The number of aromatic nitrogens is 4. The number of thiophene rings is 1. The van der Waals surface area contributed by atoms with Crippen molar-refractivity contribution in [2.24, 2.45) is 0 Å². The van der Waals surface area contributed by atoms with Gasteiger partial charge in [0, 0.05) is 10.3 Å². The first kappa shape index (κ1) is 13.8. The lowest BCUT2D eigenvalue weighted by atomic mass is 10.3. The lowest BCUT2D eigenvalue weighted by Gasteiger charge is -2.03. The summed E-state index contributed by atoms with van der Waals surface area (Å²) in [7, 11) is 0. The molecule has 0 fully saturated rings. The Kier molecular flexibility index (Phi) is 3.98. The van der Waals surface area contributed by atoms with Crippen LogP contribution in [0.5, 0.6) is 0 Å². The third kappa shape index (κ3) is 3.11. The van der Waals surface area contributed by atoms with E-state index in [2.05, 4.69) is 15.5 Å². The first-order chi connectivity index (χ1) is 10.2. The molecule has 1 aromatic carbocycles. The minimum atomic E-state index is -0.902. The van der Waals surface area contributed by atoms with E-state index in [1.807, 2.05) is 35.7 Å². The number of thioether (sulfide) groups is 1. The standard InChI is InChI=1S/C13H10N4O2S2/c18-13(19)11-6-10(7-21-11)20-8-12-14-15-16-17(12)9-4-2-1-3-5-9/h1-7H,8H2,(H,18,19). The molecule has 21 heavy (non-hydrogen) atoms. The van der Waals surface area contributed by atoms with E-state index in [9.17, 15) is 4.79 Å². The molecule has 3 aromatic rings. The molecule has 106 valence electrons. The molecule has 0 aliphatic rings. The summed E-state index contributed by atoms with van der Waals surface area (Å²) in [6.07, 6.45) is 0. The number of aromatic carboxylic acids is 1. The van der Waals surface area contributed by atoms with E-state index in [0.717, 1.165) is 10.6 Å². The molecular formula is C13H10N4O2S2. The molecule has 0 aliphatic heterocycles. The van der Waals surface area contributed by atoms with E-state index in [-0.39, 0.29) is 0 Å². The monoisotopic (exact) mass is 318 g/mol. The highest BCUT2D eigenvalue weighted by Gasteiger charge is 2.11. The molecule has 6 nitrogen and oxygen atoms in total. The minimum absolute atomic E-state index is 0.333. The van der Waals surface area contributed by atoms with Gasteiger partial charge in [-0.05, 0) is 28.6 Å². The molecular weight excluding hydrogens is 308 g/mol. The van der Waals surface area contributed by atoms with Gasteiger partial charge in [0.15, 0.2) is 5.82 Å². The number of hydrogen-bond acceptors (Lipinski definition) is 6. The van der Waals surface area contributed by atoms with Crippen LogP contribution in [0.15, 0.2) is 46.7 Å². The first-order valence-corrected chi connectivity index (χ1v) is 7.88. The highest BCUT2D eigenvalue weighted by molar-refractivity contribution is 7.98. The number of tetrazole rings is 1. The van der Waals surface area contributed by atoms with Crippen LogP contribution >= 0.6 is 23.1 Å². The van der Waals surface area contributed by atoms with Crippen molar-refractivity contribution in [1.82, 2.24) is 20.2 Å². The number of carbonyl (C=O) groups is 1. The maximum atomic E-state index is 10.9. The summed E-state index contributed by atoms with van der Waals surface area (Å²) >= 11 is 2.73. The Morgan fingerprint density at radius 1 is 1.33 bits per heavy atom. The van der Waals surface area contributed by atoms with Gasteiger partial charge < -0.3 is 5.11 Å². The number of benzene rings is 1. The van der Waals surface area contributed by atoms with Crippen LogP contribution in [0.25, 0.3) is 5.69 Å². The van der Waals surface area contributed by atoms with Crippen LogP contribution in [0.1, 0.15) is 15.5 Å². The average Bonchev–Trinajstić information content (AvgIpc) is 3.15. The van der Waals surface area contributed by atoms with Crippen molar-refractivity contribution in [2.75, 3.05) is 0 Å². The maximum absolute atomic E-state index is 10.9. The second-order valence-electron chi connectivity index (χ2n) is 4.08. The smallest absolute Gasteiger partial charge is 0.345 e. The Labute approximate surface area is 128 Å². The predicted molar refractivity (Wildman–Crippen MR) is 80.0 cm³/mol. The average molecular weight is 318 g/mol. The van der Waals surface area contributed by atoms with E-state index in [1.54, 1.807) is 10.7 Å². The van der Waals surface area contributed by atoms with E-state index in [1.165, 1.54) is 23.1 Å². The van der Waals surface area contributed by atoms with Crippen molar-refractivity contribution >= 4 is 29.1 Å². The van der Waals surface area contributed by atoms with Gasteiger partial charge in [-0.2, -0.15) is 4.68 Å². The highest BCUT2D eigenvalue weighted by Crippen LogP contribution is 2.27. The van der Waals surface area contributed by atoms with Crippen molar-refractivity contribution in [3.63, 3.8) is 0 Å². The van der Waals surface area contributed by atoms with Gasteiger partial charge in [0.1, 0.15) is 4.88 Å². The summed E-state index contributed by atoms with van der Waals surface area (Å²) in [5.74, 6) is 0.382. The van der Waals surface area contributed by atoms with Crippen LogP contribution in [-0.2, 0) is 5.75 Å². The summed E-state index contributed by atoms with van der Waals surface area (Å²) in [5, 5.41) is 22.4. The maximum Gasteiger partial charge on any atom is 0.345 e. The molecule has 0 saturated carbocycles. The predicted octanol–water partition coefficient (Wildman–Crippen LogP) is 2.71. The van der Waals surface area contributed by atoms with Crippen LogP contribution in [0.3, 0.4) is 0 Å². The Bertz CT molecular complexity index is 754. The number of para-hydroxylation sites is 1. The Hall–Kier alpha value is -2.19. The normalized spacial score (nSPS) is 10.7. The quantitative estimate of drug-likeness (QED) is 0.729. The fourth-order valence-corrected chi connectivity index (χ4v) is 3.50. The molecule has 2 heterocycles. The van der Waals surface area contributed by atoms with Crippen molar-refractivity contribution in [1.29, 1.82) is 0 Å². The molecule has 8 heteroatoms. The van der Waals surface area contributed by atoms with Gasteiger partial charge in [0.25, 0.3) is 0 Å². The molecule has 0 bridgehead atoms. The third-order valence-electron chi connectivity index (χ3n) is 2.69. The van der Waals surface area contributed by atoms with Gasteiger partial charge in [-0.25, -0.2) is 4.79 Å². The van der Waals surface area contributed by atoms with Crippen molar-refractivity contribution in [3.05, 3.63) is 52.5 Å². The minimum Gasteiger partial charge on any atom is -0.477 e. The molecule has 0 atom stereocenters. The van der Waals surface area contributed by atoms with E-state index >= 15 is 0 Å². The molecule has 0 radical (unpaired) electrons. The molecule has 0 spiro atoms. The summed E-state index contributed by atoms with van der Waals surface area (Å²) < 4.78 is 1.68. The van der Waals surface area contributed by atoms with Crippen LogP contribution in [0.4, 0.5) is 0 Å². The zero-order valence-electron chi connectivity index (χ0n) is 10.7. The van der Waals surface area contributed by atoms with E-state index in [4.69, 9.17) is 5.11 Å².